The van der Waals surface area contributed by atoms with Gasteiger partial charge in [0.1, 0.15) is 9.86 Å². The molecule has 0 aromatic carbocycles. The van der Waals surface area contributed by atoms with E-state index in [0.29, 0.717) is 5.25 Å². The van der Waals surface area contributed by atoms with E-state index in [1.165, 1.54) is 10.3 Å². The first-order valence-electron chi connectivity index (χ1n) is 6.02. The zero-order valence-corrected chi connectivity index (χ0v) is 12.0. The van der Waals surface area contributed by atoms with E-state index < -0.39 is 0 Å². The molecule has 4 nitrogen and oxygen atoms in total. The van der Waals surface area contributed by atoms with Gasteiger partial charge in [-0.25, -0.2) is 9.97 Å². The first-order valence-corrected chi connectivity index (χ1v) is 7.72. The Kier molecular flexibility index (Phi) is 3.41. The van der Waals surface area contributed by atoms with Crippen LogP contribution in [-0.4, -0.2) is 35.0 Å². The second-order valence-corrected chi connectivity index (χ2v) is 6.76. The van der Waals surface area contributed by atoms with Crippen LogP contribution in [0.25, 0.3) is 10.2 Å². The SMILES string of the molecule is CCNc1nc(SC2COC2)c2cc(C)sc2n1. The van der Waals surface area contributed by atoms with Crippen molar-refractivity contribution in [3.63, 3.8) is 0 Å². The van der Waals surface area contributed by atoms with E-state index in [1.54, 1.807) is 23.1 Å². The smallest absolute Gasteiger partial charge is 0.225 e. The fourth-order valence-corrected chi connectivity index (χ4v) is 3.79. The molecule has 0 saturated carbocycles. The van der Waals surface area contributed by atoms with Gasteiger partial charge in [-0.05, 0) is 19.9 Å². The molecule has 1 aliphatic heterocycles. The molecule has 1 aliphatic rings. The summed E-state index contributed by atoms with van der Waals surface area (Å²) in [5.74, 6) is 0.731. The number of nitrogens with one attached hydrogen (secondary N) is 1. The lowest BCUT2D eigenvalue weighted by atomic mass is 10.4. The molecule has 96 valence electrons. The fourth-order valence-electron chi connectivity index (χ4n) is 1.78. The van der Waals surface area contributed by atoms with Crippen molar-refractivity contribution in [2.45, 2.75) is 24.1 Å². The summed E-state index contributed by atoms with van der Waals surface area (Å²) >= 11 is 3.53. The minimum Gasteiger partial charge on any atom is -0.379 e. The van der Waals surface area contributed by atoms with Gasteiger partial charge in [0.2, 0.25) is 5.95 Å². The number of ether oxygens (including phenoxy) is 1. The Hall–Kier alpha value is -0.850. The van der Waals surface area contributed by atoms with Gasteiger partial charge >= 0.3 is 0 Å². The van der Waals surface area contributed by atoms with Crippen molar-refractivity contribution in [2.24, 2.45) is 0 Å². The molecular weight excluding hydrogens is 266 g/mol. The first kappa shape index (κ1) is 12.2. The molecule has 0 bridgehead atoms. The number of fused-ring (bicyclic) bond motifs is 1. The number of thioether (sulfide) groups is 1. The third kappa shape index (κ3) is 2.32. The fraction of sp³-hybridized carbons (Fsp3) is 0.500. The van der Waals surface area contributed by atoms with Gasteiger partial charge in [-0.2, -0.15) is 0 Å². The van der Waals surface area contributed by atoms with Crippen LogP contribution in [0, 0.1) is 6.92 Å². The molecule has 1 fully saturated rings. The third-order valence-corrected chi connectivity index (χ3v) is 4.79. The quantitative estimate of drug-likeness (QED) is 0.873. The number of aryl methyl sites for hydroxylation is 1. The van der Waals surface area contributed by atoms with Crippen molar-refractivity contribution in [1.29, 1.82) is 0 Å². The van der Waals surface area contributed by atoms with Crippen LogP contribution in [0.15, 0.2) is 11.1 Å². The lowest BCUT2D eigenvalue weighted by molar-refractivity contribution is 0.0455. The van der Waals surface area contributed by atoms with Crippen LogP contribution in [0.3, 0.4) is 0 Å². The highest BCUT2D eigenvalue weighted by Crippen LogP contribution is 2.35. The second-order valence-electron chi connectivity index (χ2n) is 4.24. The van der Waals surface area contributed by atoms with Crippen molar-refractivity contribution in [2.75, 3.05) is 25.1 Å². The average Bonchev–Trinajstić information content (AvgIpc) is 2.64. The van der Waals surface area contributed by atoms with Crippen LogP contribution >= 0.6 is 23.1 Å². The molecule has 3 heterocycles. The van der Waals surface area contributed by atoms with Crippen molar-refractivity contribution >= 4 is 39.3 Å². The number of thiophene rings is 1. The summed E-state index contributed by atoms with van der Waals surface area (Å²) in [5, 5.41) is 5.99. The molecule has 0 amide bonds. The topological polar surface area (TPSA) is 47.0 Å². The number of aromatic nitrogens is 2. The van der Waals surface area contributed by atoms with Gasteiger partial charge in [0, 0.05) is 16.8 Å². The Bertz CT molecular complexity index is 566. The normalized spacial score (nSPS) is 15.9. The Balaban J connectivity index is 2.01. The van der Waals surface area contributed by atoms with Crippen LogP contribution in [-0.2, 0) is 4.74 Å². The van der Waals surface area contributed by atoms with E-state index in [2.05, 4.69) is 35.2 Å². The maximum atomic E-state index is 5.22. The standard InChI is InChI=1S/C12H15N3OS2/c1-3-13-12-14-10-9(4-7(2)17-10)11(15-12)18-8-5-16-6-8/h4,8H,3,5-6H2,1-2H3,(H,13,14,15). The molecule has 0 atom stereocenters. The van der Waals surface area contributed by atoms with Crippen LogP contribution < -0.4 is 5.32 Å². The molecule has 0 unspecified atom stereocenters. The van der Waals surface area contributed by atoms with Crippen LogP contribution in [0.4, 0.5) is 5.95 Å². The summed E-state index contributed by atoms with van der Waals surface area (Å²) in [6, 6.07) is 2.18. The predicted octanol–water partition coefficient (Wildman–Crippen LogP) is 2.92. The number of hydrogen-bond acceptors (Lipinski definition) is 6. The Morgan fingerprint density at radius 2 is 2.33 bits per heavy atom. The molecular formula is C12H15N3OS2. The van der Waals surface area contributed by atoms with Gasteiger partial charge in [0.05, 0.1) is 18.5 Å². The average molecular weight is 281 g/mol. The number of nitrogens with zero attached hydrogens (tertiary/aromatic N) is 2. The van der Waals surface area contributed by atoms with Crippen molar-refractivity contribution in [3.05, 3.63) is 10.9 Å². The van der Waals surface area contributed by atoms with E-state index in [4.69, 9.17) is 4.74 Å². The monoisotopic (exact) mass is 281 g/mol. The van der Waals surface area contributed by atoms with Crippen LogP contribution in [0.5, 0.6) is 0 Å². The lowest BCUT2D eigenvalue weighted by Gasteiger charge is -2.24. The molecule has 18 heavy (non-hydrogen) atoms. The van der Waals surface area contributed by atoms with Gasteiger partial charge in [-0.15, -0.1) is 11.3 Å². The molecule has 2 aromatic rings. The summed E-state index contributed by atoms with van der Waals surface area (Å²) in [4.78, 5) is 11.5. The Labute approximate surface area is 114 Å². The van der Waals surface area contributed by atoms with E-state index >= 15 is 0 Å². The van der Waals surface area contributed by atoms with E-state index in [9.17, 15) is 0 Å². The van der Waals surface area contributed by atoms with Crippen LogP contribution in [0.2, 0.25) is 0 Å². The number of rotatable bonds is 4. The Morgan fingerprint density at radius 1 is 1.50 bits per heavy atom. The largest absolute Gasteiger partial charge is 0.379 e. The second kappa shape index (κ2) is 5.03. The highest BCUT2D eigenvalue weighted by Gasteiger charge is 2.22. The molecule has 6 heteroatoms. The highest BCUT2D eigenvalue weighted by molar-refractivity contribution is 8.00. The maximum absolute atomic E-state index is 5.22. The highest BCUT2D eigenvalue weighted by atomic mass is 32.2. The molecule has 1 saturated heterocycles. The first-order chi connectivity index (χ1) is 8.76. The van der Waals surface area contributed by atoms with Gasteiger partial charge in [-0.1, -0.05) is 11.8 Å². The molecule has 0 radical (unpaired) electrons. The van der Waals surface area contributed by atoms with E-state index in [1.807, 2.05) is 0 Å². The zero-order valence-electron chi connectivity index (χ0n) is 10.4. The summed E-state index contributed by atoms with van der Waals surface area (Å²) in [5.41, 5.74) is 0. The van der Waals surface area contributed by atoms with Gasteiger partial charge in [-0.3, -0.25) is 0 Å². The number of anilines is 1. The van der Waals surface area contributed by atoms with Crippen molar-refractivity contribution in [1.82, 2.24) is 9.97 Å². The van der Waals surface area contributed by atoms with Crippen molar-refractivity contribution in [3.8, 4) is 0 Å². The molecule has 3 rings (SSSR count). The van der Waals surface area contributed by atoms with E-state index in [0.717, 1.165) is 35.6 Å². The molecule has 2 aromatic heterocycles. The maximum Gasteiger partial charge on any atom is 0.225 e. The predicted molar refractivity (Wildman–Crippen MR) is 76.8 cm³/mol. The lowest BCUT2D eigenvalue weighted by Crippen LogP contribution is -2.30. The van der Waals surface area contributed by atoms with Crippen LogP contribution in [0.1, 0.15) is 11.8 Å². The summed E-state index contributed by atoms with van der Waals surface area (Å²) < 4.78 is 5.22. The third-order valence-electron chi connectivity index (χ3n) is 2.70. The zero-order chi connectivity index (χ0) is 12.5. The van der Waals surface area contributed by atoms with Gasteiger partial charge in [0.25, 0.3) is 0 Å². The van der Waals surface area contributed by atoms with Gasteiger partial charge < -0.3 is 10.1 Å². The minimum atomic E-state index is 0.540. The number of hydrogen-bond donors (Lipinski definition) is 1. The van der Waals surface area contributed by atoms with Gasteiger partial charge in [0.15, 0.2) is 0 Å². The van der Waals surface area contributed by atoms with Crippen molar-refractivity contribution < 1.29 is 4.74 Å². The summed E-state index contributed by atoms with van der Waals surface area (Å²) in [7, 11) is 0. The molecule has 1 N–H and O–H groups in total. The molecule has 0 spiro atoms. The summed E-state index contributed by atoms with van der Waals surface area (Å²) in [6.07, 6.45) is 0. The molecule has 0 aliphatic carbocycles. The summed E-state index contributed by atoms with van der Waals surface area (Å²) in [6.45, 7) is 6.66. The Morgan fingerprint density at radius 3 is 3.00 bits per heavy atom. The van der Waals surface area contributed by atoms with E-state index in [-0.39, 0.29) is 0 Å². The minimum absolute atomic E-state index is 0.540.